The van der Waals surface area contributed by atoms with Crippen molar-refractivity contribution in [2.75, 3.05) is 7.11 Å². The van der Waals surface area contributed by atoms with Crippen molar-refractivity contribution in [2.24, 2.45) is 0 Å². The van der Waals surface area contributed by atoms with E-state index in [4.69, 9.17) is 9.84 Å². The zero-order chi connectivity index (χ0) is 13.8. The molecule has 100 valence electrons. The van der Waals surface area contributed by atoms with E-state index in [0.29, 0.717) is 11.4 Å². The molecule has 1 heterocycles. The summed E-state index contributed by atoms with van der Waals surface area (Å²) in [7, 11) is 1.51. The molecule has 2 rings (SSSR count). The molecule has 19 heavy (non-hydrogen) atoms. The Morgan fingerprint density at radius 3 is 2.74 bits per heavy atom. The molecule has 2 aromatic rings. The number of para-hydroxylation sites is 1. The van der Waals surface area contributed by atoms with Crippen LogP contribution < -0.4 is 4.74 Å². The molecule has 1 unspecified atom stereocenters. The summed E-state index contributed by atoms with van der Waals surface area (Å²) < 4.78 is 6.83. The van der Waals surface area contributed by atoms with Gasteiger partial charge in [-0.1, -0.05) is 18.2 Å². The van der Waals surface area contributed by atoms with Gasteiger partial charge < -0.3 is 9.84 Å². The molecule has 0 spiro atoms. The number of thiol groups is 1. The number of benzene rings is 1. The molecular formula is C13H14N2O3S. The molecule has 0 amide bonds. The summed E-state index contributed by atoms with van der Waals surface area (Å²) in [5, 5.41) is 12.4. The Morgan fingerprint density at radius 1 is 1.47 bits per heavy atom. The molecule has 1 aromatic heterocycles. The molecule has 6 heteroatoms. The van der Waals surface area contributed by atoms with Crippen LogP contribution in [-0.4, -0.2) is 33.2 Å². The van der Waals surface area contributed by atoms with Gasteiger partial charge in [-0.2, -0.15) is 12.6 Å². The van der Waals surface area contributed by atoms with E-state index in [-0.39, 0.29) is 6.42 Å². The lowest BCUT2D eigenvalue weighted by Gasteiger charge is -2.03. The molecule has 1 atom stereocenters. The van der Waals surface area contributed by atoms with E-state index >= 15 is 0 Å². The Kier molecular flexibility index (Phi) is 4.11. The summed E-state index contributed by atoms with van der Waals surface area (Å²) in [5.41, 5.74) is 1.60. The van der Waals surface area contributed by atoms with Crippen LogP contribution in [0.1, 0.15) is 5.56 Å². The monoisotopic (exact) mass is 278 g/mol. The Morgan fingerprint density at radius 2 is 2.16 bits per heavy atom. The lowest BCUT2D eigenvalue weighted by molar-refractivity contribution is -0.136. The minimum Gasteiger partial charge on any atom is -0.480 e. The van der Waals surface area contributed by atoms with Crippen LogP contribution in [0.2, 0.25) is 0 Å². The van der Waals surface area contributed by atoms with Gasteiger partial charge in [-0.25, -0.2) is 4.68 Å². The number of hydrogen-bond acceptors (Lipinski definition) is 4. The number of carboxylic acid groups (broad SMARTS) is 1. The maximum atomic E-state index is 10.8. The molecule has 5 nitrogen and oxygen atoms in total. The van der Waals surface area contributed by atoms with E-state index in [9.17, 15) is 4.79 Å². The minimum atomic E-state index is -0.960. The van der Waals surface area contributed by atoms with E-state index in [1.807, 2.05) is 30.3 Å². The van der Waals surface area contributed by atoms with E-state index in [0.717, 1.165) is 5.69 Å². The third-order valence-electron chi connectivity index (χ3n) is 2.66. The van der Waals surface area contributed by atoms with Crippen molar-refractivity contribution in [3.05, 3.63) is 42.1 Å². The Balaban J connectivity index is 2.30. The van der Waals surface area contributed by atoms with Crippen LogP contribution in [0.4, 0.5) is 0 Å². The Hall–Kier alpha value is -1.95. The number of aromatic nitrogens is 2. The lowest BCUT2D eigenvalue weighted by Crippen LogP contribution is -2.16. The second-order valence-electron chi connectivity index (χ2n) is 4.00. The first-order valence-corrected chi connectivity index (χ1v) is 6.22. The quantitative estimate of drug-likeness (QED) is 0.819. The van der Waals surface area contributed by atoms with Crippen molar-refractivity contribution in [3.8, 4) is 11.6 Å². The summed E-state index contributed by atoms with van der Waals surface area (Å²) in [6, 6.07) is 9.54. The summed E-state index contributed by atoms with van der Waals surface area (Å²) in [4.78, 5) is 10.8. The molecule has 1 N–H and O–H groups in total. The predicted octanol–water partition coefficient (Wildman–Crippen LogP) is 1.81. The first kappa shape index (κ1) is 13.5. The van der Waals surface area contributed by atoms with Gasteiger partial charge in [-0.05, 0) is 12.1 Å². The summed E-state index contributed by atoms with van der Waals surface area (Å²) >= 11 is 4.03. The van der Waals surface area contributed by atoms with Crippen LogP contribution in [-0.2, 0) is 11.2 Å². The van der Waals surface area contributed by atoms with Gasteiger partial charge in [0.25, 0.3) is 0 Å². The van der Waals surface area contributed by atoms with Gasteiger partial charge >= 0.3 is 5.97 Å². The van der Waals surface area contributed by atoms with E-state index in [1.165, 1.54) is 7.11 Å². The largest absolute Gasteiger partial charge is 0.480 e. The number of hydrogen-bond donors (Lipinski definition) is 2. The van der Waals surface area contributed by atoms with Crippen molar-refractivity contribution < 1.29 is 14.6 Å². The van der Waals surface area contributed by atoms with E-state index in [1.54, 1.807) is 10.9 Å². The highest BCUT2D eigenvalue weighted by atomic mass is 32.1. The average molecular weight is 278 g/mol. The maximum Gasteiger partial charge on any atom is 0.316 e. The molecule has 0 aliphatic carbocycles. The highest BCUT2D eigenvalue weighted by Gasteiger charge is 2.18. The molecule has 0 bridgehead atoms. The van der Waals surface area contributed by atoms with Crippen LogP contribution in [0.5, 0.6) is 5.88 Å². The van der Waals surface area contributed by atoms with E-state index in [2.05, 4.69) is 17.7 Å². The molecule has 0 saturated carbocycles. The fourth-order valence-corrected chi connectivity index (χ4v) is 1.91. The standard InChI is InChI=1S/C13H14N2O3S/c1-18-12-9(7-11(19)13(16)17)8-15(14-12)10-5-3-2-4-6-10/h2-6,8,11,19H,7H2,1H3,(H,16,17). The van der Waals surface area contributed by atoms with Crippen LogP contribution in [0.25, 0.3) is 5.69 Å². The third-order valence-corrected chi connectivity index (χ3v) is 3.07. The van der Waals surface area contributed by atoms with Gasteiger partial charge in [-0.15, -0.1) is 5.10 Å². The number of carboxylic acids is 1. The Labute approximate surface area is 116 Å². The molecule has 0 aliphatic heterocycles. The van der Waals surface area contributed by atoms with Crippen LogP contribution in [0.15, 0.2) is 36.5 Å². The maximum absolute atomic E-state index is 10.8. The van der Waals surface area contributed by atoms with Crippen molar-refractivity contribution in [1.82, 2.24) is 9.78 Å². The number of carbonyl (C=O) groups is 1. The molecule has 0 radical (unpaired) electrons. The van der Waals surface area contributed by atoms with Crippen molar-refractivity contribution in [2.45, 2.75) is 11.7 Å². The van der Waals surface area contributed by atoms with Gasteiger partial charge in [0.1, 0.15) is 5.25 Å². The fourth-order valence-electron chi connectivity index (χ4n) is 1.71. The van der Waals surface area contributed by atoms with Crippen molar-refractivity contribution in [3.63, 3.8) is 0 Å². The average Bonchev–Trinajstić information content (AvgIpc) is 2.82. The predicted molar refractivity (Wildman–Crippen MR) is 74.2 cm³/mol. The third kappa shape index (κ3) is 3.08. The number of nitrogens with zero attached hydrogens (tertiary/aromatic N) is 2. The van der Waals surface area contributed by atoms with Crippen LogP contribution >= 0.6 is 12.6 Å². The summed E-state index contributed by atoms with van der Waals surface area (Å²) in [6.45, 7) is 0. The van der Waals surface area contributed by atoms with Gasteiger partial charge in [0, 0.05) is 18.2 Å². The second kappa shape index (κ2) is 5.79. The van der Waals surface area contributed by atoms with Crippen molar-refractivity contribution in [1.29, 1.82) is 0 Å². The molecule has 0 saturated heterocycles. The number of aliphatic carboxylic acids is 1. The first-order valence-electron chi connectivity index (χ1n) is 5.70. The molecular weight excluding hydrogens is 264 g/mol. The number of ether oxygens (including phenoxy) is 1. The number of rotatable bonds is 5. The zero-order valence-electron chi connectivity index (χ0n) is 10.4. The van der Waals surface area contributed by atoms with E-state index < -0.39 is 11.2 Å². The van der Waals surface area contributed by atoms with Gasteiger partial charge in [0.15, 0.2) is 0 Å². The summed E-state index contributed by atoms with van der Waals surface area (Å²) in [6.07, 6.45) is 2.02. The molecule has 1 aromatic carbocycles. The molecule has 0 aliphatic rings. The van der Waals surface area contributed by atoms with Gasteiger partial charge in [0.05, 0.1) is 12.8 Å². The minimum absolute atomic E-state index is 0.258. The smallest absolute Gasteiger partial charge is 0.316 e. The highest BCUT2D eigenvalue weighted by Crippen LogP contribution is 2.21. The first-order chi connectivity index (χ1) is 9.11. The highest BCUT2D eigenvalue weighted by molar-refractivity contribution is 7.81. The summed E-state index contributed by atoms with van der Waals surface area (Å²) in [5.74, 6) is -0.540. The normalized spacial score (nSPS) is 12.1. The SMILES string of the molecule is COc1nn(-c2ccccc2)cc1CC(S)C(=O)O. The molecule has 0 fully saturated rings. The second-order valence-corrected chi connectivity index (χ2v) is 4.63. The lowest BCUT2D eigenvalue weighted by atomic mass is 10.2. The van der Waals surface area contributed by atoms with Gasteiger partial charge in [-0.3, -0.25) is 4.79 Å². The van der Waals surface area contributed by atoms with Crippen molar-refractivity contribution >= 4 is 18.6 Å². The van der Waals surface area contributed by atoms with Gasteiger partial charge in [0.2, 0.25) is 5.88 Å². The zero-order valence-corrected chi connectivity index (χ0v) is 11.2. The Bertz CT molecular complexity index is 569. The fraction of sp³-hybridized carbons (Fsp3) is 0.231. The number of methoxy groups -OCH3 is 1. The van der Waals surface area contributed by atoms with Crippen LogP contribution in [0, 0.1) is 0 Å². The van der Waals surface area contributed by atoms with Crippen LogP contribution in [0.3, 0.4) is 0 Å². The topological polar surface area (TPSA) is 64.4 Å².